The van der Waals surface area contributed by atoms with Gasteiger partial charge in [-0.25, -0.2) is 0 Å². The smallest absolute Gasteiger partial charge is 0.278 e. The number of rotatable bonds is 5. The van der Waals surface area contributed by atoms with E-state index in [-0.39, 0.29) is 5.69 Å². The molecule has 7 heteroatoms. The molecule has 0 aliphatic carbocycles. The second-order valence-corrected chi connectivity index (χ2v) is 5.02. The van der Waals surface area contributed by atoms with Crippen LogP contribution in [0.4, 0.5) is 5.69 Å². The molecule has 2 N–H and O–H groups in total. The predicted molar refractivity (Wildman–Crippen MR) is 89.8 cm³/mol. The molecule has 0 spiro atoms. The summed E-state index contributed by atoms with van der Waals surface area (Å²) in [6.07, 6.45) is 2.33. The molecule has 0 saturated heterocycles. The number of hydrogen-bond acceptors (Lipinski definition) is 6. The number of benzene rings is 2. The van der Waals surface area contributed by atoms with Gasteiger partial charge in [-0.1, -0.05) is 23.4 Å². The highest BCUT2D eigenvalue weighted by Gasteiger charge is 2.19. The van der Waals surface area contributed by atoms with Crippen molar-refractivity contribution >= 4 is 18.1 Å². The van der Waals surface area contributed by atoms with Crippen LogP contribution >= 0.6 is 0 Å². The molecule has 24 heavy (non-hydrogen) atoms. The molecule has 1 aromatic heterocycles. The van der Waals surface area contributed by atoms with Crippen LogP contribution in [-0.4, -0.2) is 22.5 Å². The van der Waals surface area contributed by atoms with E-state index in [4.69, 9.17) is 15.3 Å². The van der Waals surface area contributed by atoms with Crippen molar-refractivity contribution in [3.8, 4) is 22.6 Å². The molecular formula is C17H12N4O3. The van der Waals surface area contributed by atoms with Gasteiger partial charge in [0.05, 0.1) is 10.5 Å². The Morgan fingerprint density at radius 2 is 1.79 bits per heavy atom. The molecule has 0 aliphatic rings. The molecule has 0 saturated carbocycles. The lowest BCUT2D eigenvalue weighted by Crippen LogP contribution is -1.93. The van der Waals surface area contributed by atoms with Crippen LogP contribution in [0.5, 0.6) is 0 Å². The topological polar surface area (TPSA) is 117 Å². The van der Waals surface area contributed by atoms with Crippen LogP contribution in [-0.2, 0) is 0 Å². The average molecular weight is 320 g/mol. The van der Waals surface area contributed by atoms with Crippen molar-refractivity contribution in [1.82, 2.24) is 5.16 Å². The van der Waals surface area contributed by atoms with Crippen molar-refractivity contribution in [2.45, 2.75) is 0 Å². The van der Waals surface area contributed by atoms with Gasteiger partial charge in [0.15, 0.2) is 5.76 Å². The van der Waals surface area contributed by atoms with Gasteiger partial charge >= 0.3 is 0 Å². The molecular weight excluding hydrogens is 308 g/mol. The maximum atomic E-state index is 11.2. The number of nitro groups is 1. The summed E-state index contributed by atoms with van der Waals surface area (Å²) >= 11 is 0. The number of nitrogens with zero attached hydrogens (tertiary/aromatic N) is 2. The van der Waals surface area contributed by atoms with E-state index in [9.17, 15) is 10.1 Å². The monoisotopic (exact) mass is 320 g/mol. The lowest BCUT2D eigenvalue weighted by molar-refractivity contribution is -0.384. The number of hydrogen-bond donors (Lipinski definition) is 2. The standard InChI is InChI=1S/C17H12N4O3/c18-9-11-2-1-3-13(6-11)17-8-15(20-24-17)14-7-12(10-19)4-5-16(14)21(22)23/h1-10,18-19H. The molecule has 0 amide bonds. The highest BCUT2D eigenvalue weighted by molar-refractivity contribution is 5.84. The normalized spacial score (nSPS) is 10.3. The molecule has 0 bridgehead atoms. The van der Waals surface area contributed by atoms with Gasteiger partial charge in [0.1, 0.15) is 5.69 Å². The summed E-state index contributed by atoms with van der Waals surface area (Å²) in [4.78, 5) is 10.7. The number of aromatic nitrogens is 1. The molecule has 1 heterocycles. The second-order valence-electron chi connectivity index (χ2n) is 5.02. The molecule has 0 unspecified atom stereocenters. The lowest BCUT2D eigenvalue weighted by atomic mass is 10.0. The second kappa shape index (κ2) is 6.25. The summed E-state index contributed by atoms with van der Waals surface area (Å²) in [6, 6.07) is 13.1. The summed E-state index contributed by atoms with van der Waals surface area (Å²) in [6.45, 7) is 0. The first kappa shape index (κ1) is 15.3. The predicted octanol–water partition coefficient (Wildman–Crippen LogP) is 3.91. The van der Waals surface area contributed by atoms with E-state index < -0.39 is 4.92 Å². The highest BCUT2D eigenvalue weighted by Crippen LogP contribution is 2.32. The van der Waals surface area contributed by atoms with Gasteiger partial charge in [-0.2, -0.15) is 0 Å². The minimum atomic E-state index is -0.493. The van der Waals surface area contributed by atoms with Crippen LogP contribution in [0.25, 0.3) is 22.6 Å². The average Bonchev–Trinajstić information content (AvgIpc) is 3.11. The highest BCUT2D eigenvalue weighted by atomic mass is 16.6. The van der Waals surface area contributed by atoms with Crippen molar-refractivity contribution < 1.29 is 9.45 Å². The molecule has 3 rings (SSSR count). The SMILES string of the molecule is N=Cc1cccc(-c2cc(-c3cc(C=N)ccc3[N+](=O)[O-])no2)c1. The van der Waals surface area contributed by atoms with E-state index in [2.05, 4.69) is 5.16 Å². The van der Waals surface area contributed by atoms with Gasteiger partial charge in [0, 0.05) is 30.1 Å². The summed E-state index contributed by atoms with van der Waals surface area (Å²) in [5.41, 5.74) is 2.47. The van der Waals surface area contributed by atoms with E-state index in [1.165, 1.54) is 24.4 Å². The van der Waals surface area contributed by atoms with E-state index in [0.717, 1.165) is 11.8 Å². The molecule has 2 aromatic carbocycles. The van der Waals surface area contributed by atoms with E-state index in [0.29, 0.717) is 28.1 Å². The Bertz CT molecular complexity index is 947. The first-order valence-corrected chi connectivity index (χ1v) is 6.99. The Morgan fingerprint density at radius 3 is 2.50 bits per heavy atom. The fourth-order valence-electron chi connectivity index (χ4n) is 2.33. The molecule has 0 radical (unpaired) electrons. The Labute approximate surface area is 136 Å². The zero-order valence-electron chi connectivity index (χ0n) is 12.4. The maximum Gasteiger partial charge on any atom is 0.278 e. The van der Waals surface area contributed by atoms with Gasteiger partial charge in [-0.3, -0.25) is 10.1 Å². The molecule has 0 aliphatic heterocycles. The van der Waals surface area contributed by atoms with Crippen molar-refractivity contribution in [3.63, 3.8) is 0 Å². The zero-order chi connectivity index (χ0) is 17.1. The van der Waals surface area contributed by atoms with E-state index in [1.807, 2.05) is 0 Å². The van der Waals surface area contributed by atoms with Crippen LogP contribution in [0.15, 0.2) is 53.1 Å². The van der Waals surface area contributed by atoms with Gasteiger partial charge in [-0.05, 0) is 29.3 Å². The van der Waals surface area contributed by atoms with E-state index in [1.54, 1.807) is 30.3 Å². The third-order valence-corrected chi connectivity index (χ3v) is 3.51. The van der Waals surface area contributed by atoms with Crippen LogP contribution in [0.2, 0.25) is 0 Å². The van der Waals surface area contributed by atoms with Crippen molar-refractivity contribution in [3.05, 3.63) is 69.8 Å². The molecule has 0 fully saturated rings. The van der Waals surface area contributed by atoms with Gasteiger partial charge in [0.25, 0.3) is 5.69 Å². The third-order valence-electron chi connectivity index (χ3n) is 3.51. The fourth-order valence-corrected chi connectivity index (χ4v) is 2.33. The molecule has 3 aromatic rings. The summed E-state index contributed by atoms with van der Waals surface area (Å²) < 4.78 is 5.31. The first-order valence-electron chi connectivity index (χ1n) is 6.99. The molecule has 118 valence electrons. The third kappa shape index (κ3) is 2.82. The fraction of sp³-hybridized carbons (Fsp3) is 0. The Hall–Kier alpha value is -3.61. The number of nitrogens with one attached hydrogen (secondary N) is 2. The van der Waals surface area contributed by atoms with Crippen molar-refractivity contribution in [1.29, 1.82) is 10.8 Å². The van der Waals surface area contributed by atoms with Crippen LogP contribution in [0.3, 0.4) is 0 Å². The van der Waals surface area contributed by atoms with Crippen LogP contribution in [0, 0.1) is 20.9 Å². The quantitative estimate of drug-likeness (QED) is 0.421. The first-order chi connectivity index (χ1) is 11.6. The van der Waals surface area contributed by atoms with Crippen molar-refractivity contribution in [2.24, 2.45) is 0 Å². The Balaban J connectivity index is 2.09. The minimum absolute atomic E-state index is 0.103. The Kier molecular flexibility index (Phi) is 3.98. The summed E-state index contributed by atoms with van der Waals surface area (Å²) in [7, 11) is 0. The van der Waals surface area contributed by atoms with Crippen molar-refractivity contribution in [2.75, 3.05) is 0 Å². The van der Waals surface area contributed by atoms with Gasteiger partial charge < -0.3 is 15.3 Å². The van der Waals surface area contributed by atoms with E-state index >= 15 is 0 Å². The van der Waals surface area contributed by atoms with Crippen LogP contribution in [0.1, 0.15) is 11.1 Å². The van der Waals surface area contributed by atoms with Crippen LogP contribution < -0.4 is 0 Å². The molecule has 0 atom stereocenters. The minimum Gasteiger partial charge on any atom is -0.356 e. The van der Waals surface area contributed by atoms with Gasteiger partial charge in [-0.15, -0.1) is 0 Å². The maximum absolute atomic E-state index is 11.2. The lowest BCUT2D eigenvalue weighted by Gasteiger charge is -2.00. The zero-order valence-corrected chi connectivity index (χ0v) is 12.4. The summed E-state index contributed by atoms with van der Waals surface area (Å²) in [5, 5.41) is 29.7. The number of nitro benzene ring substituents is 1. The van der Waals surface area contributed by atoms with Gasteiger partial charge in [0.2, 0.25) is 0 Å². The molecule has 7 nitrogen and oxygen atoms in total. The Morgan fingerprint density at radius 1 is 1.04 bits per heavy atom. The summed E-state index contributed by atoms with van der Waals surface area (Å²) in [5.74, 6) is 0.447. The largest absolute Gasteiger partial charge is 0.356 e.